The molecule has 0 aliphatic rings. The van der Waals surface area contributed by atoms with Crippen LogP contribution in [-0.4, -0.2) is 15.2 Å². The topological polar surface area (TPSA) is 62.8 Å². The number of halogens is 2. The van der Waals surface area contributed by atoms with E-state index in [1.54, 1.807) is 24.4 Å². The predicted octanol–water partition coefficient (Wildman–Crippen LogP) is 4.06. The molecule has 3 aromatic rings. The number of aryl methyl sites for hydroxylation is 2. The number of benzene rings is 1. The van der Waals surface area contributed by atoms with Gasteiger partial charge < -0.3 is 10.1 Å². The zero-order valence-electron chi connectivity index (χ0n) is 14.0. The van der Waals surface area contributed by atoms with Gasteiger partial charge in [0.25, 0.3) is 0 Å². The Hall–Kier alpha value is -2.44. The fourth-order valence-corrected chi connectivity index (χ4v) is 2.37. The summed E-state index contributed by atoms with van der Waals surface area (Å²) in [6, 6.07) is 9.60. The van der Waals surface area contributed by atoms with Crippen LogP contribution in [0.5, 0.6) is 11.6 Å². The van der Waals surface area contributed by atoms with Crippen molar-refractivity contribution in [3.05, 3.63) is 70.9 Å². The van der Waals surface area contributed by atoms with Gasteiger partial charge in [-0.2, -0.15) is 5.10 Å². The summed E-state index contributed by atoms with van der Waals surface area (Å²) in [5, 5.41) is 10.5. The first-order valence-electron chi connectivity index (χ1n) is 7.71. The maximum Gasteiger partial charge on any atom is 0.219 e. The third-order valence-corrected chi connectivity index (χ3v) is 3.75. The highest BCUT2D eigenvalue weighted by molar-refractivity contribution is 5.85. The largest absolute Gasteiger partial charge is 0.439 e. The van der Waals surface area contributed by atoms with Gasteiger partial charge in [0.15, 0.2) is 0 Å². The smallest absolute Gasteiger partial charge is 0.219 e. The average molecular weight is 363 g/mol. The quantitative estimate of drug-likeness (QED) is 0.694. The van der Waals surface area contributed by atoms with E-state index in [0.717, 1.165) is 23.5 Å². The summed E-state index contributed by atoms with van der Waals surface area (Å²) in [7, 11) is 0. The van der Waals surface area contributed by atoms with Crippen LogP contribution in [0.4, 0.5) is 4.39 Å². The van der Waals surface area contributed by atoms with Gasteiger partial charge in [0, 0.05) is 36.6 Å². The third kappa shape index (κ3) is 5.01. The van der Waals surface area contributed by atoms with Crippen molar-refractivity contribution in [2.24, 2.45) is 0 Å². The third-order valence-electron chi connectivity index (χ3n) is 3.75. The van der Waals surface area contributed by atoms with Crippen molar-refractivity contribution in [2.45, 2.75) is 26.9 Å². The van der Waals surface area contributed by atoms with Crippen molar-refractivity contribution >= 4 is 12.4 Å². The van der Waals surface area contributed by atoms with Crippen molar-refractivity contribution in [2.75, 3.05) is 0 Å². The Kier molecular flexibility index (Phi) is 6.50. The molecule has 0 saturated heterocycles. The highest BCUT2D eigenvalue weighted by Crippen LogP contribution is 2.19. The minimum atomic E-state index is -0.292. The molecular formula is C18H20ClFN4O. The fraction of sp³-hybridized carbons (Fsp3) is 0.222. The lowest BCUT2D eigenvalue weighted by atomic mass is 10.2. The molecule has 5 nitrogen and oxygen atoms in total. The van der Waals surface area contributed by atoms with E-state index in [9.17, 15) is 4.39 Å². The van der Waals surface area contributed by atoms with Gasteiger partial charge in [0.05, 0.1) is 5.69 Å². The number of rotatable bonds is 6. The highest BCUT2D eigenvalue weighted by atomic mass is 35.5. The minimum absolute atomic E-state index is 0. The van der Waals surface area contributed by atoms with Crippen molar-refractivity contribution in [1.29, 1.82) is 0 Å². The first-order chi connectivity index (χ1) is 11.6. The van der Waals surface area contributed by atoms with Gasteiger partial charge in [-0.1, -0.05) is 6.07 Å². The lowest BCUT2D eigenvalue weighted by Gasteiger charge is -2.07. The van der Waals surface area contributed by atoms with Gasteiger partial charge in [-0.05, 0) is 43.7 Å². The SMILES string of the molecule is Cc1n[nH]c(C)c1CNCc1ccc(Oc2ccc(F)cc2)nc1.Cl. The van der Waals surface area contributed by atoms with E-state index in [-0.39, 0.29) is 18.2 Å². The van der Waals surface area contributed by atoms with Crippen molar-refractivity contribution < 1.29 is 9.13 Å². The molecule has 0 radical (unpaired) electrons. The van der Waals surface area contributed by atoms with Crippen LogP contribution in [0.1, 0.15) is 22.5 Å². The average Bonchev–Trinajstić information content (AvgIpc) is 2.90. The summed E-state index contributed by atoms with van der Waals surface area (Å²) in [4.78, 5) is 4.27. The second-order valence-electron chi connectivity index (χ2n) is 5.58. The molecule has 0 spiro atoms. The van der Waals surface area contributed by atoms with E-state index in [4.69, 9.17) is 4.74 Å². The molecule has 0 amide bonds. The minimum Gasteiger partial charge on any atom is -0.439 e. The summed E-state index contributed by atoms with van der Waals surface area (Å²) >= 11 is 0. The molecule has 0 bridgehead atoms. The molecule has 0 aliphatic heterocycles. The summed E-state index contributed by atoms with van der Waals surface area (Å²) < 4.78 is 18.4. The zero-order chi connectivity index (χ0) is 16.9. The molecule has 132 valence electrons. The highest BCUT2D eigenvalue weighted by Gasteiger charge is 2.05. The zero-order valence-corrected chi connectivity index (χ0v) is 14.9. The number of pyridine rings is 1. The second kappa shape index (κ2) is 8.60. The van der Waals surface area contributed by atoms with Crippen LogP contribution in [0, 0.1) is 19.7 Å². The van der Waals surface area contributed by atoms with Gasteiger partial charge in [-0.3, -0.25) is 5.10 Å². The summed E-state index contributed by atoms with van der Waals surface area (Å²) in [5.41, 5.74) is 4.35. The number of nitrogens with one attached hydrogen (secondary N) is 2. The van der Waals surface area contributed by atoms with Crippen molar-refractivity contribution in [1.82, 2.24) is 20.5 Å². The van der Waals surface area contributed by atoms with Gasteiger partial charge >= 0.3 is 0 Å². The number of hydrogen-bond acceptors (Lipinski definition) is 4. The summed E-state index contributed by atoms with van der Waals surface area (Å²) in [6.45, 7) is 5.46. The maximum atomic E-state index is 12.9. The normalized spacial score (nSPS) is 10.4. The summed E-state index contributed by atoms with van der Waals surface area (Å²) in [6.07, 6.45) is 1.76. The molecule has 0 fully saturated rings. The Bertz CT molecular complexity index is 783. The van der Waals surface area contributed by atoms with E-state index in [0.29, 0.717) is 18.2 Å². The molecule has 7 heteroatoms. The van der Waals surface area contributed by atoms with E-state index in [1.165, 1.54) is 17.7 Å². The molecule has 25 heavy (non-hydrogen) atoms. The number of aromatic amines is 1. The number of nitrogens with zero attached hydrogens (tertiary/aromatic N) is 2. The molecule has 0 atom stereocenters. The van der Waals surface area contributed by atoms with Crippen LogP contribution in [0.25, 0.3) is 0 Å². The van der Waals surface area contributed by atoms with Gasteiger partial charge in [0.2, 0.25) is 5.88 Å². The Morgan fingerprint density at radius 3 is 2.44 bits per heavy atom. The van der Waals surface area contributed by atoms with Crippen LogP contribution in [0.15, 0.2) is 42.6 Å². The Morgan fingerprint density at radius 1 is 1.08 bits per heavy atom. The standard InChI is InChI=1S/C18H19FN4O.ClH/c1-12-17(13(2)23-22-12)11-20-9-14-3-8-18(21-10-14)24-16-6-4-15(19)5-7-16;/h3-8,10,20H,9,11H2,1-2H3,(H,22,23);1H. The van der Waals surface area contributed by atoms with Crippen LogP contribution in [0.3, 0.4) is 0 Å². The predicted molar refractivity (Wildman–Crippen MR) is 96.6 cm³/mol. The number of H-pyrrole nitrogens is 1. The van der Waals surface area contributed by atoms with Crippen molar-refractivity contribution in [3.63, 3.8) is 0 Å². The van der Waals surface area contributed by atoms with Crippen LogP contribution in [0.2, 0.25) is 0 Å². The fourth-order valence-electron chi connectivity index (χ4n) is 2.37. The number of aromatic nitrogens is 3. The number of hydrogen-bond donors (Lipinski definition) is 2. The van der Waals surface area contributed by atoms with E-state index in [2.05, 4.69) is 20.5 Å². The monoisotopic (exact) mass is 362 g/mol. The molecular weight excluding hydrogens is 343 g/mol. The molecule has 3 rings (SSSR count). The van der Waals surface area contributed by atoms with E-state index >= 15 is 0 Å². The van der Waals surface area contributed by atoms with Crippen LogP contribution in [-0.2, 0) is 13.1 Å². The number of ether oxygens (including phenoxy) is 1. The Morgan fingerprint density at radius 2 is 1.84 bits per heavy atom. The Labute approximate surface area is 152 Å². The lowest BCUT2D eigenvalue weighted by Crippen LogP contribution is -2.13. The van der Waals surface area contributed by atoms with Crippen molar-refractivity contribution in [3.8, 4) is 11.6 Å². The van der Waals surface area contributed by atoms with Gasteiger partial charge in [-0.15, -0.1) is 12.4 Å². The first-order valence-corrected chi connectivity index (χ1v) is 7.71. The maximum absolute atomic E-state index is 12.9. The molecule has 2 aromatic heterocycles. The van der Waals surface area contributed by atoms with E-state index in [1.807, 2.05) is 19.9 Å². The Balaban J connectivity index is 0.00000225. The molecule has 0 aliphatic carbocycles. The molecule has 0 unspecified atom stereocenters. The first kappa shape index (κ1) is 18.9. The lowest BCUT2D eigenvalue weighted by molar-refractivity contribution is 0.460. The molecule has 0 saturated carbocycles. The van der Waals surface area contributed by atoms with Gasteiger partial charge in [-0.25, -0.2) is 9.37 Å². The summed E-state index contributed by atoms with van der Waals surface area (Å²) in [5.74, 6) is 0.743. The van der Waals surface area contributed by atoms with Crippen LogP contribution < -0.4 is 10.1 Å². The molecule has 2 heterocycles. The van der Waals surface area contributed by atoms with Gasteiger partial charge in [0.1, 0.15) is 11.6 Å². The molecule has 1 aromatic carbocycles. The second-order valence-corrected chi connectivity index (χ2v) is 5.58. The van der Waals surface area contributed by atoms with E-state index < -0.39 is 0 Å². The van der Waals surface area contributed by atoms with Crippen LogP contribution >= 0.6 is 12.4 Å². The molecule has 2 N–H and O–H groups in total.